The standard InChI is InChI=1S/C9H12N2O2/c1-5(12)7-4-8(6-2-3-6)10-11-9(7)13/h6-7H,2-4H2,1H3,(H,11,13). The van der Waals surface area contributed by atoms with E-state index >= 15 is 0 Å². The lowest BCUT2D eigenvalue weighted by molar-refractivity contribution is -0.133. The molecule has 0 aromatic rings. The summed E-state index contributed by atoms with van der Waals surface area (Å²) in [7, 11) is 0. The summed E-state index contributed by atoms with van der Waals surface area (Å²) in [6.45, 7) is 1.46. The lowest BCUT2D eigenvalue weighted by Gasteiger charge is -2.18. The van der Waals surface area contributed by atoms with Gasteiger partial charge < -0.3 is 0 Å². The van der Waals surface area contributed by atoms with Crippen LogP contribution < -0.4 is 5.43 Å². The first kappa shape index (κ1) is 8.41. The minimum atomic E-state index is -0.493. The van der Waals surface area contributed by atoms with E-state index in [4.69, 9.17) is 0 Å². The maximum Gasteiger partial charge on any atom is 0.251 e. The molecule has 70 valence electrons. The minimum absolute atomic E-state index is 0.0643. The van der Waals surface area contributed by atoms with Crippen molar-refractivity contribution in [2.45, 2.75) is 26.2 Å². The largest absolute Gasteiger partial charge is 0.299 e. The summed E-state index contributed by atoms with van der Waals surface area (Å²) in [6, 6.07) is 0. The highest BCUT2D eigenvalue weighted by Crippen LogP contribution is 2.33. The maximum absolute atomic E-state index is 11.2. The monoisotopic (exact) mass is 180 g/mol. The number of hydrogen-bond acceptors (Lipinski definition) is 3. The second-order valence-corrected chi connectivity index (χ2v) is 3.72. The average Bonchev–Trinajstić information content (AvgIpc) is 2.87. The Bertz CT molecular complexity index is 292. The van der Waals surface area contributed by atoms with Crippen LogP contribution >= 0.6 is 0 Å². The molecule has 1 amide bonds. The summed E-state index contributed by atoms with van der Waals surface area (Å²) in [4.78, 5) is 22.3. The van der Waals surface area contributed by atoms with Gasteiger partial charge in [0.05, 0.1) is 0 Å². The molecule has 4 nitrogen and oxygen atoms in total. The summed E-state index contributed by atoms with van der Waals surface area (Å²) >= 11 is 0. The summed E-state index contributed by atoms with van der Waals surface area (Å²) in [5, 5.41) is 3.97. The molecule has 2 rings (SSSR count). The number of hydrazone groups is 1. The van der Waals surface area contributed by atoms with Gasteiger partial charge in [-0.15, -0.1) is 0 Å². The molecular formula is C9H12N2O2. The normalized spacial score (nSPS) is 27.9. The van der Waals surface area contributed by atoms with Crippen molar-refractivity contribution in [1.82, 2.24) is 5.43 Å². The van der Waals surface area contributed by atoms with Crippen LogP contribution in [0.2, 0.25) is 0 Å². The van der Waals surface area contributed by atoms with Crippen LogP contribution in [-0.2, 0) is 9.59 Å². The molecule has 1 atom stereocenters. The van der Waals surface area contributed by atoms with Gasteiger partial charge in [0.1, 0.15) is 11.7 Å². The lowest BCUT2D eigenvalue weighted by Crippen LogP contribution is -2.38. The van der Waals surface area contributed by atoms with Crippen LogP contribution in [-0.4, -0.2) is 17.4 Å². The molecule has 0 aromatic heterocycles. The van der Waals surface area contributed by atoms with Gasteiger partial charge in [0, 0.05) is 12.1 Å². The maximum atomic E-state index is 11.2. The molecule has 13 heavy (non-hydrogen) atoms. The topological polar surface area (TPSA) is 58.5 Å². The molecule has 0 saturated heterocycles. The van der Waals surface area contributed by atoms with E-state index in [2.05, 4.69) is 10.5 Å². The zero-order valence-electron chi connectivity index (χ0n) is 7.54. The number of carbonyl (C=O) groups excluding carboxylic acids is 2. The number of carbonyl (C=O) groups is 2. The van der Waals surface area contributed by atoms with Crippen molar-refractivity contribution >= 4 is 17.4 Å². The van der Waals surface area contributed by atoms with Crippen molar-refractivity contribution in [2.75, 3.05) is 0 Å². The van der Waals surface area contributed by atoms with E-state index in [1.807, 2.05) is 0 Å². The first-order chi connectivity index (χ1) is 6.18. The predicted octanol–water partition coefficient (Wildman–Crippen LogP) is 0.478. The fraction of sp³-hybridized carbons (Fsp3) is 0.667. The lowest BCUT2D eigenvalue weighted by atomic mass is 9.94. The van der Waals surface area contributed by atoms with Crippen molar-refractivity contribution in [3.05, 3.63) is 0 Å². The van der Waals surface area contributed by atoms with Gasteiger partial charge in [-0.25, -0.2) is 5.43 Å². The molecule has 1 unspecified atom stereocenters. The van der Waals surface area contributed by atoms with E-state index in [-0.39, 0.29) is 11.7 Å². The molecule has 1 heterocycles. The molecule has 2 aliphatic rings. The average molecular weight is 180 g/mol. The molecule has 1 saturated carbocycles. The van der Waals surface area contributed by atoms with Crippen molar-refractivity contribution in [3.63, 3.8) is 0 Å². The van der Waals surface area contributed by atoms with Crippen LogP contribution in [0.3, 0.4) is 0 Å². The number of nitrogens with one attached hydrogen (secondary N) is 1. The Morgan fingerprint density at radius 2 is 2.23 bits per heavy atom. The highest BCUT2D eigenvalue weighted by molar-refractivity contribution is 6.07. The third kappa shape index (κ3) is 1.61. The van der Waals surface area contributed by atoms with Gasteiger partial charge in [0.15, 0.2) is 0 Å². The summed E-state index contributed by atoms with van der Waals surface area (Å²) in [5.41, 5.74) is 3.41. The van der Waals surface area contributed by atoms with Crippen LogP contribution in [0.25, 0.3) is 0 Å². The molecule has 0 radical (unpaired) electrons. The number of nitrogens with zero attached hydrogens (tertiary/aromatic N) is 1. The van der Waals surface area contributed by atoms with Crippen molar-refractivity contribution in [3.8, 4) is 0 Å². The number of amides is 1. The predicted molar refractivity (Wildman–Crippen MR) is 47.1 cm³/mol. The molecule has 0 spiro atoms. The van der Waals surface area contributed by atoms with E-state index < -0.39 is 5.92 Å². The number of rotatable bonds is 2. The van der Waals surface area contributed by atoms with E-state index in [0.717, 1.165) is 18.6 Å². The summed E-state index contributed by atoms with van der Waals surface area (Å²) in [6.07, 6.45) is 2.84. The zero-order valence-corrected chi connectivity index (χ0v) is 7.54. The zero-order chi connectivity index (χ0) is 9.42. The Morgan fingerprint density at radius 1 is 1.54 bits per heavy atom. The Morgan fingerprint density at radius 3 is 2.77 bits per heavy atom. The summed E-state index contributed by atoms with van der Waals surface area (Å²) in [5.74, 6) is -0.280. The fourth-order valence-corrected chi connectivity index (χ4v) is 1.56. The van der Waals surface area contributed by atoms with Gasteiger partial charge in [-0.3, -0.25) is 9.59 Å². The Balaban J connectivity index is 2.11. The highest BCUT2D eigenvalue weighted by atomic mass is 16.2. The molecule has 1 aliphatic heterocycles. The molecule has 4 heteroatoms. The first-order valence-corrected chi connectivity index (χ1v) is 4.55. The molecule has 1 fully saturated rings. The van der Waals surface area contributed by atoms with Crippen LogP contribution in [0.1, 0.15) is 26.2 Å². The second-order valence-electron chi connectivity index (χ2n) is 3.72. The Labute approximate surface area is 76.4 Å². The molecule has 1 aliphatic carbocycles. The van der Waals surface area contributed by atoms with Gasteiger partial charge in [0.25, 0.3) is 5.91 Å². The van der Waals surface area contributed by atoms with E-state index in [1.54, 1.807) is 0 Å². The van der Waals surface area contributed by atoms with Crippen LogP contribution in [0.15, 0.2) is 5.10 Å². The Hall–Kier alpha value is -1.19. The van der Waals surface area contributed by atoms with E-state index in [0.29, 0.717) is 12.3 Å². The molecular weight excluding hydrogens is 168 g/mol. The van der Waals surface area contributed by atoms with Crippen LogP contribution in [0, 0.1) is 11.8 Å². The molecule has 0 bridgehead atoms. The smallest absolute Gasteiger partial charge is 0.251 e. The third-order valence-corrected chi connectivity index (χ3v) is 2.58. The Kier molecular flexibility index (Phi) is 1.90. The van der Waals surface area contributed by atoms with Crippen molar-refractivity contribution in [2.24, 2.45) is 16.9 Å². The van der Waals surface area contributed by atoms with Gasteiger partial charge in [0.2, 0.25) is 0 Å². The van der Waals surface area contributed by atoms with Gasteiger partial charge in [-0.1, -0.05) is 0 Å². The molecule has 1 N–H and O–H groups in total. The van der Waals surface area contributed by atoms with Crippen molar-refractivity contribution in [1.29, 1.82) is 0 Å². The first-order valence-electron chi connectivity index (χ1n) is 4.55. The number of ketones is 1. The number of Topliss-reactive ketones (excluding diaryl/α,β-unsaturated/α-hetero) is 1. The van der Waals surface area contributed by atoms with Crippen molar-refractivity contribution < 1.29 is 9.59 Å². The molecule has 0 aromatic carbocycles. The summed E-state index contributed by atoms with van der Waals surface area (Å²) < 4.78 is 0. The van der Waals surface area contributed by atoms with Gasteiger partial charge in [-0.2, -0.15) is 5.10 Å². The second kappa shape index (κ2) is 2.94. The minimum Gasteiger partial charge on any atom is -0.299 e. The highest BCUT2D eigenvalue weighted by Gasteiger charge is 2.35. The fourth-order valence-electron chi connectivity index (χ4n) is 1.56. The van der Waals surface area contributed by atoms with Gasteiger partial charge >= 0.3 is 0 Å². The van der Waals surface area contributed by atoms with Crippen LogP contribution in [0.4, 0.5) is 0 Å². The number of hydrogen-bond donors (Lipinski definition) is 1. The third-order valence-electron chi connectivity index (χ3n) is 2.58. The van der Waals surface area contributed by atoms with Crippen LogP contribution in [0.5, 0.6) is 0 Å². The van der Waals surface area contributed by atoms with E-state index in [1.165, 1.54) is 6.92 Å². The van der Waals surface area contributed by atoms with Gasteiger partial charge in [-0.05, 0) is 25.7 Å². The SMILES string of the molecule is CC(=O)C1CC(C2CC2)=NNC1=O. The van der Waals surface area contributed by atoms with E-state index in [9.17, 15) is 9.59 Å². The quantitative estimate of drug-likeness (QED) is 0.628.